The molecule has 45 heavy (non-hydrogen) atoms. The molecule has 0 saturated heterocycles. The fourth-order valence-corrected chi connectivity index (χ4v) is 4.88. The first-order valence-corrected chi connectivity index (χ1v) is 15.6. The van der Waals surface area contributed by atoms with Crippen molar-refractivity contribution in [1.82, 2.24) is 0 Å². The smallest absolute Gasteiger partial charge is 0.550 e. The standard InChI is InChI=1S/C32H46N2O2.2C2H4O2.Co/c1-19(2)23-13-25(31(35)29(15-23)21(5)6)17-33-27-9-11-28(12-10-27)34-18-26-14-24(20(3)4)16-30(22(7)8)32(26)36;2*1-2(3)4;/h13-22,27-28,35-36H,9-12H2,1-8H3;2*1H3,(H,3,4);/q;;;+2/p-2. The van der Waals surface area contributed by atoms with Crippen molar-refractivity contribution in [3.8, 4) is 11.5 Å². The van der Waals surface area contributed by atoms with Crippen molar-refractivity contribution in [3.05, 3.63) is 57.6 Å². The number of phenols is 2. The van der Waals surface area contributed by atoms with Crippen LogP contribution in [0.4, 0.5) is 0 Å². The molecule has 0 spiro atoms. The van der Waals surface area contributed by atoms with Gasteiger partial charge in [-0.15, -0.1) is 0 Å². The summed E-state index contributed by atoms with van der Waals surface area (Å²) in [5, 5.41) is 39.4. The van der Waals surface area contributed by atoms with Gasteiger partial charge in [-0.2, -0.15) is 0 Å². The largest absolute Gasteiger partial charge is 2.00 e. The Morgan fingerprint density at radius 1 is 0.644 bits per heavy atom. The maximum absolute atomic E-state index is 10.8. The van der Waals surface area contributed by atoms with Crippen LogP contribution in [0.1, 0.15) is 152 Å². The first-order chi connectivity index (χ1) is 20.4. The summed E-state index contributed by atoms with van der Waals surface area (Å²) in [4.78, 5) is 27.5. The number of phenolic OH excluding ortho intramolecular Hbond substituents is 2. The maximum atomic E-state index is 10.8. The van der Waals surface area contributed by atoms with Crippen molar-refractivity contribution in [3.63, 3.8) is 0 Å². The number of aliphatic carboxylic acids is 2. The number of carboxylic acid groups (broad SMARTS) is 2. The SMILES string of the molecule is CC(=O)[O-].CC(=O)[O-].CC(C)c1cc(C=NC2CCC(N=Cc3cc(C(C)C)cc(C(C)C)c3O)CC2)c(O)c(C(C)C)c1.[Co+2]. The third-order valence-corrected chi connectivity index (χ3v) is 7.47. The molecule has 0 aromatic heterocycles. The van der Waals surface area contributed by atoms with Crippen molar-refractivity contribution in [2.75, 3.05) is 0 Å². The van der Waals surface area contributed by atoms with E-state index in [9.17, 15) is 10.2 Å². The Morgan fingerprint density at radius 3 is 1.13 bits per heavy atom. The van der Waals surface area contributed by atoms with E-state index in [1.54, 1.807) is 0 Å². The summed E-state index contributed by atoms with van der Waals surface area (Å²) in [6.07, 6.45) is 7.68. The molecular weight excluding hydrogens is 615 g/mol. The summed E-state index contributed by atoms with van der Waals surface area (Å²) in [6.45, 7) is 19.1. The van der Waals surface area contributed by atoms with Crippen molar-refractivity contribution >= 4 is 24.4 Å². The van der Waals surface area contributed by atoms with E-state index in [0.717, 1.165) is 61.8 Å². The molecule has 0 aliphatic heterocycles. The Kier molecular flexibility index (Phi) is 18.6. The van der Waals surface area contributed by atoms with E-state index in [4.69, 9.17) is 29.8 Å². The van der Waals surface area contributed by atoms with E-state index < -0.39 is 11.9 Å². The van der Waals surface area contributed by atoms with Gasteiger partial charge in [0.1, 0.15) is 11.5 Å². The van der Waals surface area contributed by atoms with Crippen molar-refractivity contribution in [2.24, 2.45) is 9.98 Å². The van der Waals surface area contributed by atoms with Crippen molar-refractivity contribution in [2.45, 2.75) is 131 Å². The van der Waals surface area contributed by atoms with Gasteiger partial charge in [-0.1, -0.05) is 67.5 Å². The Morgan fingerprint density at radius 2 is 0.911 bits per heavy atom. The van der Waals surface area contributed by atoms with E-state index in [1.807, 2.05) is 12.4 Å². The third-order valence-electron chi connectivity index (χ3n) is 7.47. The third kappa shape index (κ3) is 14.6. The van der Waals surface area contributed by atoms with E-state index in [1.165, 1.54) is 11.1 Å². The minimum absolute atomic E-state index is 0. The second-order valence-electron chi connectivity index (χ2n) is 12.7. The van der Waals surface area contributed by atoms with Gasteiger partial charge in [-0.05, 0) is 97.6 Å². The molecule has 2 aromatic rings. The first-order valence-electron chi connectivity index (χ1n) is 15.6. The summed E-state index contributed by atoms with van der Waals surface area (Å²) in [5.41, 5.74) is 6.11. The number of aliphatic imine (C=N–C) groups is 2. The molecule has 1 saturated carbocycles. The summed E-state index contributed by atoms with van der Waals surface area (Å²) in [5.74, 6) is -0.106. The second kappa shape index (κ2) is 20.1. The summed E-state index contributed by atoms with van der Waals surface area (Å²) < 4.78 is 0. The van der Waals surface area contributed by atoms with E-state index in [2.05, 4.69) is 79.7 Å². The van der Waals surface area contributed by atoms with Gasteiger partial charge in [0.05, 0.1) is 12.1 Å². The van der Waals surface area contributed by atoms with E-state index in [-0.39, 0.29) is 40.7 Å². The van der Waals surface area contributed by atoms with Crippen LogP contribution in [0.15, 0.2) is 34.3 Å². The number of hydrogen-bond donors (Lipinski definition) is 2. The molecule has 1 fully saturated rings. The number of aromatic hydroxyl groups is 2. The van der Waals surface area contributed by atoms with Gasteiger partial charge in [0, 0.05) is 35.5 Å². The van der Waals surface area contributed by atoms with Gasteiger partial charge < -0.3 is 30.0 Å². The summed E-state index contributed by atoms with van der Waals surface area (Å²) >= 11 is 0. The van der Waals surface area contributed by atoms with E-state index >= 15 is 0 Å². The fourth-order valence-electron chi connectivity index (χ4n) is 4.88. The number of nitrogens with zero attached hydrogens (tertiary/aromatic N) is 2. The van der Waals surface area contributed by atoms with Crippen LogP contribution in [0.2, 0.25) is 0 Å². The van der Waals surface area contributed by atoms with Crippen LogP contribution in [0, 0.1) is 0 Å². The molecular formula is C36H52CoN2O6. The molecule has 3 rings (SSSR count). The van der Waals surface area contributed by atoms with Gasteiger partial charge in [0.15, 0.2) is 0 Å². The zero-order valence-electron chi connectivity index (χ0n) is 28.5. The number of carboxylic acids is 2. The number of carbonyl (C=O) groups excluding carboxylic acids is 2. The molecule has 1 aliphatic carbocycles. The van der Waals surface area contributed by atoms with Gasteiger partial charge in [-0.3, -0.25) is 9.98 Å². The van der Waals surface area contributed by atoms with Crippen molar-refractivity contribution < 1.29 is 46.8 Å². The molecule has 8 nitrogen and oxygen atoms in total. The second-order valence-corrected chi connectivity index (χ2v) is 12.7. The molecule has 9 heteroatoms. The molecule has 1 radical (unpaired) electrons. The summed E-state index contributed by atoms with van der Waals surface area (Å²) in [7, 11) is 0. The Balaban J connectivity index is 0.00000192. The zero-order chi connectivity index (χ0) is 33.7. The predicted octanol–water partition coefficient (Wildman–Crippen LogP) is 5.95. The molecule has 0 atom stereocenters. The molecule has 1 aliphatic rings. The summed E-state index contributed by atoms with van der Waals surface area (Å²) in [6, 6.07) is 8.93. The van der Waals surface area contributed by atoms with E-state index in [0.29, 0.717) is 23.3 Å². The van der Waals surface area contributed by atoms with Gasteiger partial charge in [-0.25, -0.2) is 0 Å². The van der Waals surface area contributed by atoms with Crippen LogP contribution in [-0.2, 0) is 26.4 Å². The topological polar surface area (TPSA) is 145 Å². The average molecular weight is 668 g/mol. The average Bonchev–Trinajstić information content (AvgIpc) is 2.91. The number of benzene rings is 2. The number of hydrogen-bond acceptors (Lipinski definition) is 8. The maximum Gasteiger partial charge on any atom is 2.00 e. The van der Waals surface area contributed by atoms with Crippen molar-refractivity contribution in [1.29, 1.82) is 0 Å². The molecule has 2 aromatic carbocycles. The van der Waals surface area contributed by atoms with Gasteiger partial charge >= 0.3 is 16.8 Å². The number of rotatable bonds is 8. The predicted molar refractivity (Wildman–Crippen MR) is 175 cm³/mol. The van der Waals surface area contributed by atoms with Gasteiger partial charge in [0.2, 0.25) is 0 Å². The van der Waals surface area contributed by atoms with Crippen LogP contribution in [-0.4, -0.2) is 46.7 Å². The minimum Gasteiger partial charge on any atom is -0.550 e. The first kappa shape index (κ1) is 41.8. The fraction of sp³-hybridized carbons (Fsp3) is 0.556. The van der Waals surface area contributed by atoms with Crippen LogP contribution in [0.5, 0.6) is 11.5 Å². The van der Waals surface area contributed by atoms with Crippen LogP contribution in [0.25, 0.3) is 0 Å². The number of carbonyl (C=O) groups is 2. The quantitative estimate of drug-likeness (QED) is 0.333. The zero-order valence-corrected chi connectivity index (χ0v) is 29.6. The molecule has 2 N–H and O–H groups in total. The molecule has 0 heterocycles. The Labute approximate surface area is 280 Å². The Hall–Kier alpha value is -3.17. The minimum atomic E-state index is -1.08. The molecule has 251 valence electrons. The van der Waals surface area contributed by atoms with Gasteiger partial charge in [0.25, 0.3) is 0 Å². The molecule has 0 amide bonds. The van der Waals surface area contributed by atoms with Crippen LogP contribution < -0.4 is 10.2 Å². The van der Waals surface area contributed by atoms with Crippen LogP contribution in [0.3, 0.4) is 0 Å². The molecule has 0 unspecified atom stereocenters. The molecule has 0 bridgehead atoms. The monoisotopic (exact) mass is 667 g/mol. The normalized spacial score (nSPS) is 16.4. The van der Waals surface area contributed by atoms with Crippen LogP contribution >= 0.6 is 0 Å². The Bertz CT molecular complexity index is 1190.